The molecule has 3 amide bonds. The molecule has 0 aliphatic carbocycles. The van der Waals surface area contributed by atoms with Gasteiger partial charge >= 0.3 is 6.09 Å². The lowest BCUT2D eigenvalue weighted by atomic mass is 10.0. The minimum Gasteiger partial charge on any atom is -0.414 e. The summed E-state index contributed by atoms with van der Waals surface area (Å²) in [6.45, 7) is 1.22. The van der Waals surface area contributed by atoms with Gasteiger partial charge in [-0.05, 0) is 30.2 Å². The zero-order valence-electron chi connectivity index (χ0n) is 15.8. The lowest BCUT2D eigenvalue weighted by Gasteiger charge is -2.36. The third kappa shape index (κ3) is 3.90. The summed E-state index contributed by atoms with van der Waals surface area (Å²) in [5.41, 5.74) is 7.12. The van der Waals surface area contributed by atoms with Crippen molar-refractivity contribution in [2.24, 2.45) is 5.73 Å². The first-order valence-electron chi connectivity index (χ1n) is 9.42. The van der Waals surface area contributed by atoms with Gasteiger partial charge in [-0.1, -0.05) is 42.5 Å². The summed E-state index contributed by atoms with van der Waals surface area (Å²) in [4.78, 5) is 40.0. The molecule has 0 saturated heterocycles. The Kier molecular flexibility index (Phi) is 5.14. The van der Waals surface area contributed by atoms with Gasteiger partial charge in [-0.2, -0.15) is 0 Å². The largest absolute Gasteiger partial charge is 0.414 e. The third-order valence-corrected chi connectivity index (χ3v) is 5.22. The Balaban J connectivity index is 1.55. The van der Waals surface area contributed by atoms with E-state index in [2.05, 4.69) is 4.90 Å². The van der Waals surface area contributed by atoms with Crippen LogP contribution in [0.15, 0.2) is 66.4 Å². The molecule has 2 aromatic rings. The quantitative estimate of drug-likeness (QED) is 0.791. The standard InChI is InChI=1S/C22H21N3O4/c23-22(28)29-17-11-10-16(24(14-17)12-15-6-2-1-3-7-15)13-25-20(26)18-8-4-5-9-19(18)21(25)27/h1-9,11,16H,10,12-14H2,(H2,23,28). The van der Waals surface area contributed by atoms with E-state index in [1.54, 1.807) is 30.3 Å². The number of carbonyl (C=O) groups is 3. The topological polar surface area (TPSA) is 92.9 Å². The van der Waals surface area contributed by atoms with Crippen LogP contribution in [0.5, 0.6) is 0 Å². The molecular formula is C22H21N3O4. The van der Waals surface area contributed by atoms with Gasteiger partial charge in [0, 0.05) is 19.1 Å². The van der Waals surface area contributed by atoms with Gasteiger partial charge in [0.2, 0.25) is 0 Å². The molecule has 148 valence electrons. The maximum Gasteiger partial charge on any atom is 0.409 e. The summed E-state index contributed by atoms with van der Waals surface area (Å²) in [5.74, 6) is -0.0612. The second-order valence-electron chi connectivity index (χ2n) is 7.14. The van der Waals surface area contributed by atoms with Crippen molar-refractivity contribution in [2.75, 3.05) is 13.1 Å². The molecule has 1 unspecified atom stereocenters. The van der Waals surface area contributed by atoms with Gasteiger partial charge in [0.05, 0.1) is 17.7 Å². The number of fused-ring (bicyclic) bond motifs is 1. The molecule has 2 aliphatic rings. The molecule has 7 heteroatoms. The number of rotatable bonds is 5. The Bertz CT molecular complexity index is 952. The molecule has 2 heterocycles. The third-order valence-electron chi connectivity index (χ3n) is 5.22. The Hall–Kier alpha value is -3.45. The average molecular weight is 391 g/mol. The predicted molar refractivity (Wildman–Crippen MR) is 106 cm³/mol. The number of imide groups is 1. The first-order chi connectivity index (χ1) is 14.0. The Morgan fingerprint density at radius 3 is 2.24 bits per heavy atom. The normalized spacial score (nSPS) is 19.1. The van der Waals surface area contributed by atoms with Crippen LogP contribution in [0.2, 0.25) is 0 Å². The number of amides is 3. The van der Waals surface area contributed by atoms with Crippen molar-refractivity contribution in [1.82, 2.24) is 9.80 Å². The van der Waals surface area contributed by atoms with Crippen molar-refractivity contribution in [2.45, 2.75) is 19.0 Å². The van der Waals surface area contributed by atoms with Crippen LogP contribution in [0.3, 0.4) is 0 Å². The number of ether oxygens (including phenoxy) is 1. The number of nitrogens with zero attached hydrogens (tertiary/aromatic N) is 2. The summed E-state index contributed by atoms with van der Waals surface area (Å²) in [7, 11) is 0. The van der Waals surface area contributed by atoms with Gasteiger partial charge in [0.1, 0.15) is 5.76 Å². The Morgan fingerprint density at radius 1 is 1.00 bits per heavy atom. The molecular weight excluding hydrogens is 370 g/mol. The van der Waals surface area contributed by atoms with E-state index in [4.69, 9.17) is 10.5 Å². The summed E-state index contributed by atoms with van der Waals surface area (Å²) in [5, 5.41) is 0. The van der Waals surface area contributed by atoms with Crippen LogP contribution in [-0.4, -0.2) is 46.8 Å². The maximum absolute atomic E-state index is 12.7. The highest BCUT2D eigenvalue weighted by Gasteiger charge is 2.38. The highest BCUT2D eigenvalue weighted by molar-refractivity contribution is 6.21. The number of carbonyl (C=O) groups excluding carboxylic acids is 3. The fraction of sp³-hybridized carbons (Fsp3) is 0.227. The van der Waals surface area contributed by atoms with E-state index in [1.807, 2.05) is 30.3 Å². The molecule has 2 aliphatic heterocycles. The second kappa shape index (κ2) is 7.89. The highest BCUT2D eigenvalue weighted by atomic mass is 16.5. The van der Waals surface area contributed by atoms with E-state index in [1.165, 1.54) is 4.90 Å². The van der Waals surface area contributed by atoms with Gasteiger partial charge in [-0.3, -0.25) is 19.4 Å². The molecule has 2 N–H and O–H groups in total. The molecule has 0 aromatic heterocycles. The molecule has 4 rings (SSSR count). The minimum absolute atomic E-state index is 0.0994. The summed E-state index contributed by atoms with van der Waals surface area (Å²) >= 11 is 0. The van der Waals surface area contributed by atoms with Crippen molar-refractivity contribution in [1.29, 1.82) is 0 Å². The first-order valence-corrected chi connectivity index (χ1v) is 9.42. The SMILES string of the molecule is NC(=O)OC1=CCC(CN2C(=O)c3ccccc3C2=O)N(Cc2ccccc2)C1. The number of primary amides is 1. The molecule has 2 aromatic carbocycles. The first kappa shape index (κ1) is 18.9. The van der Waals surface area contributed by atoms with Crippen molar-refractivity contribution in [3.05, 3.63) is 83.1 Å². The van der Waals surface area contributed by atoms with Crippen LogP contribution in [0.1, 0.15) is 32.7 Å². The van der Waals surface area contributed by atoms with Crippen LogP contribution in [-0.2, 0) is 11.3 Å². The summed E-state index contributed by atoms with van der Waals surface area (Å²) < 4.78 is 5.08. The fourth-order valence-electron chi connectivity index (χ4n) is 3.82. The van der Waals surface area contributed by atoms with Gasteiger partial charge < -0.3 is 10.5 Å². The molecule has 29 heavy (non-hydrogen) atoms. The molecule has 0 fully saturated rings. The smallest absolute Gasteiger partial charge is 0.409 e. The average Bonchev–Trinajstić information content (AvgIpc) is 2.95. The molecule has 0 saturated carbocycles. The van der Waals surface area contributed by atoms with Gasteiger partial charge in [-0.25, -0.2) is 4.79 Å². The second-order valence-corrected chi connectivity index (χ2v) is 7.14. The van der Waals surface area contributed by atoms with Crippen molar-refractivity contribution in [3.8, 4) is 0 Å². The number of nitrogens with two attached hydrogens (primary N) is 1. The maximum atomic E-state index is 12.7. The molecule has 0 spiro atoms. The van der Waals surface area contributed by atoms with Crippen LogP contribution in [0.4, 0.5) is 4.79 Å². The molecule has 7 nitrogen and oxygen atoms in total. The lowest BCUT2D eigenvalue weighted by molar-refractivity contribution is 0.0569. The molecule has 1 atom stereocenters. The van der Waals surface area contributed by atoms with E-state index >= 15 is 0 Å². The van der Waals surface area contributed by atoms with E-state index in [-0.39, 0.29) is 24.4 Å². The van der Waals surface area contributed by atoms with Crippen molar-refractivity contribution >= 4 is 17.9 Å². The van der Waals surface area contributed by atoms with Crippen LogP contribution in [0, 0.1) is 0 Å². The predicted octanol–water partition coefficient (Wildman–Crippen LogP) is 2.54. The molecule has 0 radical (unpaired) electrons. The number of benzene rings is 2. The van der Waals surface area contributed by atoms with Gasteiger partial charge in [0.15, 0.2) is 0 Å². The Labute approximate surface area is 168 Å². The lowest BCUT2D eigenvalue weighted by Crippen LogP contribution is -2.48. The monoisotopic (exact) mass is 391 g/mol. The van der Waals surface area contributed by atoms with Crippen molar-refractivity contribution < 1.29 is 19.1 Å². The van der Waals surface area contributed by atoms with Gasteiger partial charge in [-0.15, -0.1) is 0 Å². The fourth-order valence-corrected chi connectivity index (χ4v) is 3.82. The van der Waals surface area contributed by atoms with E-state index < -0.39 is 6.09 Å². The van der Waals surface area contributed by atoms with E-state index in [9.17, 15) is 14.4 Å². The highest BCUT2D eigenvalue weighted by Crippen LogP contribution is 2.26. The molecule has 0 bridgehead atoms. The number of hydrogen-bond donors (Lipinski definition) is 1. The Morgan fingerprint density at radius 2 is 1.62 bits per heavy atom. The van der Waals surface area contributed by atoms with Crippen LogP contribution >= 0.6 is 0 Å². The zero-order valence-corrected chi connectivity index (χ0v) is 15.8. The minimum atomic E-state index is -0.852. The summed E-state index contributed by atoms with van der Waals surface area (Å²) in [6.07, 6.45) is 1.48. The summed E-state index contributed by atoms with van der Waals surface area (Å²) in [6, 6.07) is 16.6. The van der Waals surface area contributed by atoms with Crippen molar-refractivity contribution in [3.63, 3.8) is 0 Å². The van der Waals surface area contributed by atoms with Gasteiger partial charge in [0.25, 0.3) is 11.8 Å². The van der Waals surface area contributed by atoms with Crippen LogP contribution in [0.25, 0.3) is 0 Å². The van der Waals surface area contributed by atoms with E-state index in [0.29, 0.717) is 36.4 Å². The van der Waals surface area contributed by atoms with E-state index in [0.717, 1.165) is 5.56 Å². The zero-order chi connectivity index (χ0) is 20.4. The van der Waals surface area contributed by atoms with Crippen LogP contribution < -0.4 is 5.73 Å². The number of hydrogen-bond acceptors (Lipinski definition) is 5.